The molecule has 1 saturated heterocycles. The molecule has 4 heteroatoms. The summed E-state index contributed by atoms with van der Waals surface area (Å²) in [4.78, 5) is 2.57. The van der Waals surface area contributed by atoms with Crippen molar-refractivity contribution < 1.29 is 9.47 Å². The number of hydrogen-bond donors (Lipinski definition) is 1. The molecule has 0 aromatic heterocycles. The maximum atomic E-state index is 6.47. The second kappa shape index (κ2) is 7.95. The highest BCUT2D eigenvalue weighted by molar-refractivity contribution is 5.33. The van der Waals surface area contributed by atoms with Gasteiger partial charge in [0.1, 0.15) is 11.9 Å². The first-order valence-corrected chi connectivity index (χ1v) is 8.65. The lowest BCUT2D eigenvalue weighted by Gasteiger charge is -2.41. The van der Waals surface area contributed by atoms with E-state index < -0.39 is 0 Å². The predicted molar refractivity (Wildman–Crippen MR) is 88.3 cm³/mol. The number of benzene rings is 1. The van der Waals surface area contributed by atoms with Gasteiger partial charge in [0, 0.05) is 19.1 Å². The Morgan fingerprint density at radius 1 is 1.14 bits per heavy atom. The van der Waals surface area contributed by atoms with E-state index in [1.54, 1.807) is 0 Å². The van der Waals surface area contributed by atoms with E-state index in [2.05, 4.69) is 29.2 Å². The van der Waals surface area contributed by atoms with Crippen molar-refractivity contribution in [3.63, 3.8) is 0 Å². The molecule has 0 bridgehead atoms. The number of nitrogens with zero attached hydrogens (tertiary/aromatic N) is 1. The van der Waals surface area contributed by atoms with E-state index >= 15 is 0 Å². The van der Waals surface area contributed by atoms with Crippen LogP contribution in [0.15, 0.2) is 24.3 Å². The van der Waals surface area contributed by atoms with Gasteiger partial charge in [0.05, 0.1) is 13.2 Å². The van der Waals surface area contributed by atoms with Gasteiger partial charge in [0.2, 0.25) is 0 Å². The Labute approximate surface area is 133 Å². The maximum Gasteiger partial charge on any atom is 0.123 e. The summed E-state index contributed by atoms with van der Waals surface area (Å²) in [5, 5.41) is 0. The maximum absolute atomic E-state index is 6.47. The zero-order valence-electron chi connectivity index (χ0n) is 13.4. The quantitative estimate of drug-likeness (QED) is 0.906. The van der Waals surface area contributed by atoms with E-state index in [0.717, 1.165) is 44.9 Å². The van der Waals surface area contributed by atoms with Crippen LogP contribution < -0.4 is 10.5 Å². The second-order valence-corrected chi connectivity index (χ2v) is 6.30. The summed E-state index contributed by atoms with van der Waals surface area (Å²) in [6, 6.07) is 8.88. The Morgan fingerprint density at radius 2 is 1.91 bits per heavy atom. The van der Waals surface area contributed by atoms with E-state index in [1.807, 2.05) is 0 Å². The molecule has 1 aromatic carbocycles. The molecule has 2 fully saturated rings. The summed E-state index contributed by atoms with van der Waals surface area (Å²) in [6.07, 6.45) is 6.15. The Kier molecular flexibility index (Phi) is 5.70. The largest absolute Gasteiger partial charge is 0.489 e. The lowest BCUT2D eigenvalue weighted by molar-refractivity contribution is -0.0283. The molecular weight excluding hydrogens is 276 g/mol. The smallest absolute Gasteiger partial charge is 0.123 e. The first-order chi connectivity index (χ1) is 10.9. The van der Waals surface area contributed by atoms with Crippen LogP contribution in [0.2, 0.25) is 0 Å². The van der Waals surface area contributed by atoms with Gasteiger partial charge >= 0.3 is 0 Å². The molecule has 0 amide bonds. The van der Waals surface area contributed by atoms with Crippen molar-refractivity contribution in [2.24, 2.45) is 5.73 Å². The van der Waals surface area contributed by atoms with Crippen molar-refractivity contribution in [3.05, 3.63) is 29.8 Å². The van der Waals surface area contributed by atoms with Crippen molar-refractivity contribution in [2.45, 2.75) is 44.2 Å². The second-order valence-electron chi connectivity index (χ2n) is 6.30. The minimum Gasteiger partial charge on any atom is -0.489 e. The average Bonchev–Trinajstić information content (AvgIpc) is 2.58. The first-order valence-electron chi connectivity index (χ1n) is 8.65. The molecule has 1 aliphatic carbocycles. The van der Waals surface area contributed by atoms with Gasteiger partial charge in [-0.1, -0.05) is 24.6 Å². The Balaban J connectivity index is 1.71. The number of para-hydroxylation sites is 1. The molecule has 1 heterocycles. The first kappa shape index (κ1) is 15.8. The Hall–Kier alpha value is -1.10. The van der Waals surface area contributed by atoms with Crippen LogP contribution in [0.3, 0.4) is 0 Å². The molecular formula is C18H28N2O2. The normalized spacial score (nSPS) is 26.8. The molecule has 4 nitrogen and oxygen atoms in total. The minimum absolute atomic E-state index is 0.297. The third kappa shape index (κ3) is 3.80. The average molecular weight is 304 g/mol. The summed E-state index contributed by atoms with van der Waals surface area (Å²) in [5.74, 6) is 1.03. The minimum atomic E-state index is 0.297. The zero-order valence-corrected chi connectivity index (χ0v) is 13.4. The number of ether oxygens (including phenoxy) is 2. The summed E-state index contributed by atoms with van der Waals surface area (Å²) in [7, 11) is 0. The SMILES string of the molecule is NCCc1ccccc1OC1CCCCC1N1CCOCC1. The fourth-order valence-electron chi connectivity index (χ4n) is 3.69. The molecule has 2 atom stereocenters. The summed E-state index contributed by atoms with van der Waals surface area (Å²) < 4.78 is 12.0. The lowest BCUT2D eigenvalue weighted by atomic mass is 9.90. The van der Waals surface area contributed by atoms with Gasteiger partial charge in [-0.25, -0.2) is 0 Å². The highest BCUT2D eigenvalue weighted by Gasteiger charge is 2.32. The third-order valence-corrected chi connectivity index (χ3v) is 4.85. The van der Waals surface area contributed by atoms with Crippen LogP contribution in [-0.2, 0) is 11.2 Å². The zero-order chi connectivity index (χ0) is 15.2. The molecule has 1 aliphatic heterocycles. The monoisotopic (exact) mass is 304 g/mol. The fourth-order valence-corrected chi connectivity index (χ4v) is 3.69. The summed E-state index contributed by atoms with van der Waals surface area (Å²) in [5.41, 5.74) is 6.96. The van der Waals surface area contributed by atoms with Crippen molar-refractivity contribution in [3.8, 4) is 5.75 Å². The van der Waals surface area contributed by atoms with Gasteiger partial charge < -0.3 is 15.2 Å². The Morgan fingerprint density at radius 3 is 2.73 bits per heavy atom. The molecule has 2 aliphatic rings. The van der Waals surface area contributed by atoms with Gasteiger partial charge in [0.15, 0.2) is 0 Å². The molecule has 2 N–H and O–H groups in total. The van der Waals surface area contributed by atoms with Crippen LogP contribution >= 0.6 is 0 Å². The van der Waals surface area contributed by atoms with Crippen molar-refractivity contribution >= 4 is 0 Å². The van der Waals surface area contributed by atoms with Gasteiger partial charge in [-0.15, -0.1) is 0 Å². The van der Waals surface area contributed by atoms with Crippen LogP contribution in [0.4, 0.5) is 0 Å². The molecule has 1 aromatic rings. The summed E-state index contributed by atoms with van der Waals surface area (Å²) >= 11 is 0. The number of nitrogens with two attached hydrogens (primary N) is 1. The summed E-state index contributed by atoms with van der Waals surface area (Å²) in [6.45, 7) is 4.45. The van der Waals surface area contributed by atoms with Crippen molar-refractivity contribution in [1.29, 1.82) is 0 Å². The van der Waals surface area contributed by atoms with Crippen LogP contribution in [0.25, 0.3) is 0 Å². The van der Waals surface area contributed by atoms with Crippen LogP contribution in [0.1, 0.15) is 31.2 Å². The van der Waals surface area contributed by atoms with Crippen LogP contribution in [-0.4, -0.2) is 49.9 Å². The molecule has 122 valence electrons. The number of rotatable bonds is 5. The number of morpholine rings is 1. The topological polar surface area (TPSA) is 47.7 Å². The van der Waals surface area contributed by atoms with Crippen LogP contribution in [0, 0.1) is 0 Å². The fraction of sp³-hybridized carbons (Fsp3) is 0.667. The van der Waals surface area contributed by atoms with E-state index in [0.29, 0.717) is 18.7 Å². The standard InChI is InChI=1S/C18H28N2O2/c19-10-9-15-5-1-3-7-17(15)22-18-8-4-2-6-16(18)20-11-13-21-14-12-20/h1,3,5,7,16,18H,2,4,6,8-14,19H2. The van der Waals surface area contributed by atoms with E-state index in [1.165, 1.54) is 24.8 Å². The molecule has 2 unspecified atom stereocenters. The predicted octanol–water partition coefficient (Wildman–Crippen LogP) is 2.21. The van der Waals surface area contributed by atoms with Crippen molar-refractivity contribution in [1.82, 2.24) is 4.90 Å². The Bertz CT molecular complexity index is 460. The molecule has 3 rings (SSSR count). The van der Waals surface area contributed by atoms with E-state index in [9.17, 15) is 0 Å². The molecule has 0 radical (unpaired) electrons. The molecule has 0 spiro atoms. The van der Waals surface area contributed by atoms with Crippen molar-refractivity contribution in [2.75, 3.05) is 32.8 Å². The van der Waals surface area contributed by atoms with Gasteiger partial charge in [0.25, 0.3) is 0 Å². The van der Waals surface area contributed by atoms with E-state index in [4.69, 9.17) is 15.2 Å². The lowest BCUT2D eigenvalue weighted by Crippen LogP contribution is -2.52. The van der Waals surface area contributed by atoms with Gasteiger partial charge in [-0.2, -0.15) is 0 Å². The molecule has 22 heavy (non-hydrogen) atoms. The highest BCUT2D eigenvalue weighted by atomic mass is 16.5. The highest BCUT2D eigenvalue weighted by Crippen LogP contribution is 2.29. The third-order valence-electron chi connectivity index (χ3n) is 4.85. The molecule has 1 saturated carbocycles. The van der Waals surface area contributed by atoms with E-state index in [-0.39, 0.29) is 0 Å². The van der Waals surface area contributed by atoms with Crippen LogP contribution in [0.5, 0.6) is 5.75 Å². The van der Waals surface area contributed by atoms with Gasteiger partial charge in [-0.05, 0) is 43.9 Å². The van der Waals surface area contributed by atoms with Gasteiger partial charge in [-0.3, -0.25) is 4.90 Å². The number of hydrogen-bond acceptors (Lipinski definition) is 4.